The quantitative estimate of drug-likeness (QED) is 0.274. The highest BCUT2D eigenvalue weighted by atomic mass is 16.7. The summed E-state index contributed by atoms with van der Waals surface area (Å²) >= 11 is 0. The summed E-state index contributed by atoms with van der Waals surface area (Å²) in [7, 11) is 0. The molecule has 0 bridgehead atoms. The molecule has 2 rings (SSSR count). The number of hydrogen-bond donors (Lipinski definition) is 3. The van der Waals surface area contributed by atoms with E-state index in [0.29, 0.717) is 0 Å². The molecule has 0 spiro atoms. The van der Waals surface area contributed by atoms with E-state index in [1.54, 1.807) is 45.0 Å². The zero-order valence-corrected chi connectivity index (χ0v) is 20.3. The number of carbonyl (C=O) groups excluding carboxylic acids is 3. The SMILES string of the molecule is CC(C)COC(=O)Oc1ccccc1N=Nc1ccc(NC(=O)CNC(=O)OC(C)(C)C)nc1N. The number of nitrogens with two attached hydrogens (primary N) is 1. The average molecular weight is 487 g/mol. The molecule has 1 heterocycles. The molecule has 0 atom stereocenters. The largest absolute Gasteiger partial charge is 0.513 e. The van der Waals surface area contributed by atoms with Gasteiger partial charge in [0, 0.05) is 0 Å². The number of alkyl carbamates (subject to hydrolysis) is 1. The highest BCUT2D eigenvalue weighted by Crippen LogP contribution is 2.30. The van der Waals surface area contributed by atoms with Crippen molar-refractivity contribution in [2.45, 2.75) is 40.2 Å². The molecular formula is C23H30N6O6. The number of anilines is 2. The van der Waals surface area contributed by atoms with E-state index in [1.165, 1.54) is 12.1 Å². The van der Waals surface area contributed by atoms with Crippen LogP contribution < -0.4 is 21.1 Å². The third-order valence-corrected chi connectivity index (χ3v) is 3.82. The third-order valence-electron chi connectivity index (χ3n) is 3.82. The van der Waals surface area contributed by atoms with Gasteiger partial charge >= 0.3 is 12.2 Å². The van der Waals surface area contributed by atoms with Gasteiger partial charge in [0.25, 0.3) is 0 Å². The first-order valence-electron chi connectivity index (χ1n) is 10.8. The number of para-hydroxylation sites is 1. The van der Waals surface area contributed by atoms with Crippen molar-refractivity contribution < 1.29 is 28.6 Å². The fraction of sp³-hybridized carbons (Fsp3) is 0.391. The van der Waals surface area contributed by atoms with Crippen LogP contribution in [0.4, 0.5) is 32.6 Å². The number of pyridine rings is 1. The fourth-order valence-corrected chi connectivity index (χ4v) is 2.36. The monoisotopic (exact) mass is 486 g/mol. The van der Waals surface area contributed by atoms with E-state index in [4.69, 9.17) is 19.9 Å². The molecule has 0 saturated carbocycles. The highest BCUT2D eigenvalue weighted by Gasteiger charge is 2.17. The molecule has 188 valence electrons. The number of nitrogens with zero attached hydrogens (tertiary/aromatic N) is 3. The second-order valence-corrected chi connectivity index (χ2v) is 8.73. The van der Waals surface area contributed by atoms with Gasteiger partial charge < -0.3 is 30.6 Å². The van der Waals surface area contributed by atoms with Gasteiger partial charge in [-0.15, -0.1) is 10.2 Å². The van der Waals surface area contributed by atoms with Gasteiger partial charge in [0.05, 0.1) is 6.61 Å². The predicted molar refractivity (Wildman–Crippen MR) is 129 cm³/mol. The third kappa shape index (κ3) is 10.1. The molecule has 0 aliphatic carbocycles. The van der Waals surface area contributed by atoms with Crippen LogP contribution in [0.25, 0.3) is 0 Å². The zero-order chi connectivity index (χ0) is 26.0. The van der Waals surface area contributed by atoms with Crippen molar-refractivity contribution in [2.75, 3.05) is 24.2 Å². The van der Waals surface area contributed by atoms with Crippen molar-refractivity contribution in [2.24, 2.45) is 16.1 Å². The van der Waals surface area contributed by atoms with Gasteiger partial charge in [0.15, 0.2) is 11.6 Å². The number of aromatic nitrogens is 1. The van der Waals surface area contributed by atoms with Crippen LogP contribution >= 0.6 is 0 Å². The molecule has 12 heteroatoms. The van der Waals surface area contributed by atoms with E-state index in [2.05, 4.69) is 25.8 Å². The standard InChI is InChI=1S/C23H30N6O6/c1-14(2)13-33-22(32)34-17-9-7-6-8-15(17)28-29-16-10-11-18(27-20(16)24)26-19(30)12-25-21(31)35-23(3,4)5/h6-11,14H,12-13H2,1-5H3,(H,25,31)(H3,24,26,27,30). The maximum atomic E-state index is 12.0. The fourth-order valence-electron chi connectivity index (χ4n) is 2.36. The summed E-state index contributed by atoms with van der Waals surface area (Å²) in [6, 6.07) is 9.51. The molecule has 0 saturated heterocycles. The van der Waals surface area contributed by atoms with Crippen molar-refractivity contribution in [3.05, 3.63) is 36.4 Å². The summed E-state index contributed by atoms with van der Waals surface area (Å²) in [5, 5.41) is 13.0. The lowest BCUT2D eigenvalue weighted by atomic mass is 10.2. The second kappa shape index (κ2) is 12.3. The number of azo groups is 1. The molecular weight excluding hydrogens is 456 g/mol. The van der Waals surface area contributed by atoms with Gasteiger partial charge in [-0.3, -0.25) is 4.79 Å². The number of nitrogens with one attached hydrogen (secondary N) is 2. The molecule has 2 amide bonds. The normalized spacial score (nSPS) is 11.3. The van der Waals surface area contributed by atoms with E-state index in [-0.39, 0.29) is 47.8 Å². The summed E-state index contributed by atoms with van der Waals surface area (Å²) in [4.78, 5) is 39.6. The Hall–Kier alpha value is -4.22. The van der Waals surface area contributed by atoms with Gasteiger partial charge in [0.1, 0.15) is 29.3 Å². The Kier molecular flexibility index (Phi) is 9.50. The van der Waals surface area contributed by atoms with Crippen LogP contribution in [0.3, 0.4) is 0 Å². The molecule has 0 aliphatic heterocycles. The highest BCUT2D eigenvalue weighted by molar-refractivity contribution is 5.93. The van der Waals surface area contributed by atoms with E-state index < -0.39 is 23.8 Å². The second-order valence-electron chi connectivity index (χ2n) is 8.73. The zero-order valence-electron chi connectivity index (χ0n) is 20.3. The molecule has 12 nitrogen and oxygen atoms in total. The van der Waals surface area contributed by atoms with Gasteiger partial charge in [-0.25, -0.2) is 14.6 Å². The van der Waals surface area contributed by atoms with Crippen LogP contribution in [-0.2, 0) is 14.3 Å². The summed E-state index contributed by atoms with van der Waals surface area (Å²) in [6.45, 7) is 8.87. The average Bonchev–Trinajstić information content (AvgIpc) is 2.75. The summed E-state index contributed by atoms with van der Waals surface area (Å²) < 4.78 is 15.3. The Morgan fingerprint density at radius 3 is 2.40 bits per heavy atom. The number of benzene rings is 1. The van der Waals surface area contributed by atoms with Crippen molar-refractivity contribution >= 4 is 41.2 Å². The Bertz CT molecular complexity index is 1080. The Morgan fingerprint density at radius 1 is 1.06 bits per heavy atom. The molecule has 0 fully saturated rings. The van der Waals surface area contributed by atoms with E-state index in [9.17, 15) is 14.4 Å². The molecule has 0 unspecified atom stereocenters. The number of rotatable bonds is 8. The number of carbonyl (C=O) groups is 3. The minimum Gasteiger partial charge on any atom is -0.444 e. The minimum atomic E-state index is -0.844. The predicted octanol–water partition coefficient (Wildman–Crippen LogP) is 4.71. The van der Waals surface area contributed by atoms with Gasteiger partial charge in [-0.1, -0.05) is 26.0 Å². The molecule has 35 heavy (non-hydrogen) atoms. The number of amides is 2. The first kappa shape index (κ1) is 27.0. The van der Waals surface area contributed by atoms with Crippen molar-refractivity contribution in [1.82, 2.24) is 10.3 Å². The maximum Gasteiger partial charge on any atom is 0.513 e. The Balaban J connectivity index is 1.99. The summed E-state index contributed by atoms with van der Waals surface area (Å²) in [5.41, 5.74) is 5.76. The minimum absolute atomic E-state index is 0.00129. The lowest BCUT2D eigenvalue weighted by Gasteiger charge is -2.19. The van der Waals surface area contributed by atoms with Gasteiger partial charge in [-0.2, -0.15) is 0 Å². The van der Waals surface area contributed by atoms with Crippen LogP contribution in [0.15, 0.2) is 46.6 Å². The summed E-state index contributed by atoms with van der Waals surface area (Å²) in [6.07, 6.45) is -1.56. The number of hydrogen-bond acceptors (Lipinski definition) is 10. The van der Waals surface area contributed by atoms with Crippen LogP contribution in [0, 0.1) is 5.92 Å². The molecule has 0 radical (unpaired) electrons. The first-order valence-corrected chi connectivity index (χ1v) is 10.8. The molecule has 0 aliphatic rings. The first-order chi connectivity index (χ1) is 16.4. The number of ether oxygens (including phenoxy) is 3. The van der Waals surface area contributed by atoms with Crippen molar-refractivity contribution in [1.29, 1.82) is 0 Å². The molecule has 1 aromatic carbocycles. The maximum absolute atomic E-state index is 12.0. The summed E-state index contributed by atoms with van der Waals surface area (Å²) in [5.74, 6) is -0.0251. The Labute approximate surface area is 203 Å². The lowest BCUT2D eigenvalue weighted by Crippen LogP contribution is -2.37. The Morgan fingerprint density at radius 2 is 1.74 bits per heavy atom. The van der Waals surface area contributed by atoms with Gasteiger partial charge in [-0.05, 0) is 51.0 Å². The smallest absolute Gasteiger partial charge is 0.444 e. The van der Waals surface area contributed by atoms with E-state index >= 15 is 0 Å². The molecule has 4 N–H and O–H groups in total. The van der Waals surface area contributed by atoms with Crippen molar-refractivity contribution in [3.63, 3.8) is 0 Å². The molecule has 2 aromatic rings. The van der Waals surface area contributed by atoms with E-state index in [0.717, 1.165) is 0 Å². The van der Waals surface area contributed by atoms with Crippen LogP contribution in [0.2, 0.25) is 0 Å². The van der Waals surface area contributed by atoms with Crippen LogP contribution in [0.1, 0.15) is 34.6 Å². The molecule has 1 aromatic heterocycles. The van der Waals surface area contributed by atoms with E-state index in [1.807, 2.05) is 13.8 Å². The van der Waals surface area contributed by atoms with Crippen LogP contribution in [-0.4, -0.2) is 41.9 Å². The topological polar surface area (TPSA) is 167 Å². The number of nitrogen functional groups attached to an aromatic ring is 1. The lowest BCUT2D eigenvalue weighted by molar-refractivity contribution is -0.115. The van der Waals surface area contributed by atoms with Crippen molar-refractivity contribution in [3.8, 4) is 5.75 Å². The van der Waals surface area contributed by atoms with Crippen LogP contribution in [0.5, 0.6) is 5.75 Å². The van der Waals surface area contributed by atoms with Gasteiger partial charge in [0.2, 0.25) is 5.91 Å².